The summed E-state index contributed by atoms with van der Waals surface area (Å²) in [5.41, 5.74) is 0. The monoisotopic (exact) mass is 1030 g/mol. The van der Waals surface area contributed by atoms with E-state index in [9.17, 15) is 14.4 Å². The van der Waals surface area contributed by atoms with Crippen molar-refractivity contribution in [3.8, 4) is 0 Å². The highest BCUT2D eigenvalue weighted by atomic mass is 16.6. The molecule has 6 nitrogen and oxygen atoms in total. The fourth-order valence-corrected chi connectivity index (χ4v) is 7.86. The summed E-state index contributed by atoms with van der Waals surface area (Å²) in [6.07, 6.45) is 88.5. The maximum Gasteiger partial charge on any atom is 0.306 e. The van der Waals surface area contributed by atoms with Crippen molar-refractivity contribution >= 4 is 17.9 Å². The molecule has 6 heteroatoms. The van der Waals surface area contributed by atoms with Gasteiger partial charge in [-0.1, -0.05) is 256 Å². The van der Waals surface area contributed by atoms with Crippen molar-refractivity contribution in [1.82, 2.24) is 0 Å². The molecule has 0 aliphatic heterocycles. The Hall–Kier alpha value is -4.71. The van der Waals surface area contributed by atoms with E-state index < -0.39 is 6.10 Å². The molecule has 0 rings (SSSR count). The van der Waals surface area contributed by atoms with E-state index in [0.717, 1.165) is 116 Å². The second-order valence-corrected chi connectivity index (χ2v) is 19.5. The number of rotatable bonds is 53. The lowest BCUT2D eigenvalue weighted by Gasteiger charge is -2.18. The van der Waals surface area contributed by atoms with E-state index in [1.807, 2.05) is 6.08 Å². The van der Waals surface area contributed by atoms with Crippen molar-refractivity contribution in [3.05, 3.63) is 146 Å². The lowest BCUT2D eigenvalue weighted by atomic mass is 10.1. The van der Waals surface area contributed by atoms with Crippen LogP contribution >= 0.6 is 0 Å². The van der Waals surface area contributed by atoms with Crippen LogP contribution in [0.4, 0.5) is 0 Å². The van der Waals surface area contributed by atoms with Gasteiger partial charge in [0.25, 0.3) is 0 Å². The molecule has 0 fully saturated rings. The molecule has 1 unspecified atom stereocenters. The minimum atomic E-state index is -0.826. The molecule has 0 aromatic heterocycles. The summed E-state index contributed by atoms with van der Waals surface area (Å²) in [6.45, 7) is 6.31. The molecule has 0 aromatic rings. The fraction of sp³-hybridized carbons (Fsp3) is 0.609. The van der Waals surface area contributed by atoms with Crippen LogP contribution in [-0.2, 0) is 28.6 Å². The number of carbonyl (C=O) groups excluding carboxylic acids is 3. The third-order valence-electron chi connectivity index (χ3n) is 12.4. The van der Waals surface area contributed by atoms with Crippen molar-refractivity contribution in [2.45, 2.75) is 258 Å². The first-order valence-corrected chi connectivity index (χ1v) is 30.4. The Morgan fingerprint density at radius 2 is 0.587 bits per heavy atom. The Labute approximate surface area is 461 Å². The SMILES string of the molecule is CC/C=C\C/C=C\C/C=C\C/C=C\C/C=C\C/C=C\CCC(=O)OCC(COC(=O)CCCCCCCCCCCC/C=C\C=C/CCCCC)OC(=O)CCCCCCCC/C=C\C/C=C\C/C=C\C/C=C\CC. The molecule has 0 N–H and O–H groups in total. The Kier molecular flexibility index (Phi) is 58.0. The summed E-state index contributed by atoms with van der Waals surface area (Å²) in [5, 5.41) is 0. The zero-order valence-electron chi connectivity index (χ0n) is 48.3. The molecule has 0 aromatic carbocycles. The fourth-order valence-electron chi connectivity index (χ4n) is 7.86. The van der Waals surface area contributed by atoms with Crippen LogP contribution in [0.5, 0.6) is 0 Å². The molecule has 0 aliphatic rings. The minimum absolute atomic E-state index is 0.114. The molecule has 0 aliphatic carbocycles. The summed E-state index contributed by atoms with van der Waals surface area (Å²) in [6, 6.07) is 0. The topological polar surface area (TPSA) is 78.9 Å². The predicted octanol–water partition coefficient (Wildman–Crippen LogP) is 20.8. The molecule has 75 heavy (non-hydrogen) atoms. The zero-order valence-corrected chi connectivity index (χ0v) is 48.3. The van der Waals surface area contributed by atoms with E-state index in [1.54, 1.807) is 0 Å². The van der Waals surface area contributed by atoms with E-state index in [-0.39, 0.29) is 44.0 Å². The third kappa shape index (κ3) is 60.0. The van der Waals surface area contributed by atoms with Gasteiger partial charge in [-0.2, -0.15) is 0 Å². The Morgan fingerprint density at radius 3 is 0.973 bits per heavy atom. The summed E-state index contributed by atoms with van der Waals surface area (Å²) in [5.74, 6) is -1.02. The van der Waals surface area contributed by atoms with Gasteiger partial charge in [-0.25, -0.2) is 0 Å². The molecular weight excluding hydrogens is 925 g/mol. The first kappa shape index (κ1) is 70.3. The number of esters is 3. The largest absolute Gasteiger partial charge is 0.462 e. The first-order chi connectivity index (χ1) is 37.0. The van der Waals surface area contributed by atoms with Crippen LogP contribution in [0, 0.1) is 0 Å². The summed E-state index contributed by atoms with van der Waals surface area (Å²) in [4.78, 5) is 38.3. The van der Waals surface area contributed by atoms with Crippen LogP contribution in [0.25, 0.3) is 0 Å². The van der Waals surface area contributed by atoms with Gasteiger partial charge < -0.3 is 14.2 Å². The highest BCUT2D eigenvalue weighted by molar-refractivity contribution is 5.71. The molecule has 0 amide bonds. The van der Waals surface area contributed by atoms with Crippen LogP contribution in [0.15, 0.2) is 146 Å². The van der Waals surface area contributed by atoms with Gasteiger partial charge >= 0.3 is 17.9 Å². The van der Waals surface area contributed by atoms with Crippen molar-refractivity contribution in [2.75, 3.05) is 13.2 Å². The van der Waals surface area contributed by atoms with Gasteiger partial charge in [0.05, 0.1) is 0 Å². The second kappa shape index (κ2) is 61.8. The minimum Gasteiger partial charge on any atom is -0.462 e. The van der Waals surface area contributed by atoms with Crippen LogP contribution in [0.2, 0.25) is 0 Å². The quantitative estimate of drug-likeness (QED) is 0.0199. The third-order valence-corrected chi connectivity index (χ3v) is 12.4. The maximum atomic E-state index is 12.9. The number of carbonyl (C=O) groups is 3. The maximum absolute atomic E-state index is 12.9. The molecule has 0 bridgehead atoms. The van der Waals surface area contributed by atoms with Gasteiger partial charge in [-0.3, -0.25) is 14.4 Å². The number of allylic oxidation sites excluding steroid dienone is 24. The lowest BCUT2D eigenvalue weighted by Crippen LogP contribution is -2.30. The molecule has 0 saturated carbocycles. The normalized spacial score (nSPS) is 13.2. The molecule has 1 atom stereocenters. The van der Waals surface area contributed by atoms with Crippen LogP contribution in [-0.4, -0.2) is 37.2 Å². The smallest absolute Gasteiger partial charge is 0.306 e. The van der Waals surface area contributed by atoms with Crippen molar-refractivity contribution in [1.29, 1.82) is 0 Å². The molecule has 0 heterocycles. The summed E-state index contributed by atoms with van der Waals surface area (Å²) in [7, 11) is 0. The summed E-state index contributed by atoms with van der Waals surface area (Å²) < 4.78 is 16.8. The van der Waals surface area contributed by atoms with E-state index >= 15 is 0 Å². The predicted molar refractivity (Wildman–Crippen MR) is 325 cm³/mol. The number of unbranched alkanes of at least 4 members (excludes halogenated alkanes) is 19. The van der Waals surface area contributed by atoms with E-state index in [1.165, 1.54) is 89.9 Å². The Bertz CT molecular complexity index is 1660. The number of hydrogen-bond donors (Lipinski definition) is 0. The van der Waals surface area contributed by atoms with Gasteiger partial charge in [-0.05, 0) is 122 Å². The first-order valence-electron chi connectivity index (χ1n) is 30.4. The van der Waals surface area contributed by atoms with Gasteiger partial charge in [0, 0.05) is 19.3 Å². The standard InChI is InChI=1S/C69H110O6/c1-4-7-10-13-16-19-22-25-28-31-34-37-40-43-46-49-52-55-58-61-67(70)73-64-66(75-69(72)63-60-57-54-51-48-45-42-39-36-33-30-27-24-21-18-15-12-9-6-3)65-74-68(71)62-59-56-53-50-47-44-41-38-35-32-29-26-23-20-17-14-11-8-5-2/h7,9-10,12,16-21,23,25-28,30,34,36-37,39,43,46,52,55,66H,4-6,8,11,13-15,22,24,29,31-33,35,38,40-42,44-45,47-51,53-54,56-65H2,1-3H3/b10-7-,12-9-,19-16-,20-17-,21-18-,26-23-,28-25-,30-27-,37-34-,39-36-,46-43-,55-52-. The van der Waals surface area contributed by atoms with E-state index in [4.69, 9.17) is 14.2 Å². The van der Waals surface area contributed by atoms with E-state index in [0.29, 0.717) is 12.8 Å². The Balaban J connectivity index is 4.55. The number of ether oxygens (including phenoxy) is 3. The lowest BCUT2D eigenvalue weighted by molar-refractivity contribution is -0.166. The average molecular weight is 1040 g/mol. The van der Waals surface area contributed by atoms with Crippen molar-refractivity contribution < 1.29 is 28.6 Å². The second-order valence-electron chi connectivity index (χ2n) is 19.5. The molecular formula is C69H110O6. The molecule has 0 radical (unpaired) electrons. The van der Waals surface area contributed by atoms with E-state index in [2.05, 4.69) is 161 Å². The summed E-state index contributed by atoms with van der Waals surface area (Å²) >= 11 is 0. The van der Waals surface area contributed by atoms with Crippen LogP contribution < -0.4 is 0 Å². The average Bonchev–Trinajstić information content (AvgIpc) is 3.41. The number of hydrogen-bond acceptors (Lipinski definition) is 6. The molecule has 0 spiro atoms. The molecule has 0 saturated heterocycles. The highest BCUT2D eigenvalue weighted by Gasteiger charge is 2.19. The van der Waals surface area contributed by atoms with Crippen LogP contribution in [0.1, 0.15) is 252 Å². The van der Waals surface area contributed by atoms with Crippen molar-refractivity contribution in [3.63, 3.8) is 0 Å². The highest BCUT2D eigenvalue weighted by Crippen LogP contribution is 2.14. The van der Waals surface area contributed by atoms with Gasteiger partial charge in [0.15, 0.2) is 6.10 Å². The zero-order chi connectivity index (χ0) is 54.3. The van der Waals surface area contributed by atoms with Crippen molar-refractivity contribution in [2.24, 2.45) is 0 Å². The van der Waals surface area contributed by atoms with Gasteiger partial charge in [0.2, 0.25) is 0 Å². The van der Waals surface area contributed by atoms with Crippen LogP contribution in [0.3, 0.4) is 0 Å². The molecule has 422 valence electrons. The van der Waals surface area contributed by atoms with Gasteiger partial charge in [-0.15, -0.1) is 0 Å². The van der Waals surface area contributed by atoms with Gasteiger partial charge in [0.1, 0.15) is 13.2 Å². The Morgan fingerprint density at radius 1 is 0.293 bits per heavy atom.